The first-order chi connectivity index (χ1) is 13.8. The van der Waals surface area contributed by atoms with Crippen molar-refractivity contribution in [2.75, 3.05) is 44.2 Å². The fraction of sp³-hybridized carbons (Fsp3) is 0.435. The van der Waals surface area contributed by atoms with E-state index in [1.165, 1.54) is 12.0 Å². The Labute approximate surface area is 190 Å². The number of phenolic OH excluding ortho intramolecular Hbond substituents is 1. The molecule has 0 radical (unpaired) electrons. The van der Waals surface area contributed by atoms with Crippen molar-refractivity contribution in [2.45, 2.75) is 19.3 Å². The molecule has 2 atom stereocenters. The van der Waals surface area contributed by atoms with E-state index in [4.69, 9.17) is 4.99 Å². The van der Waals surface area contributed by atoms with E-state index in [9.17, 15) is 5.11 Å². The van der Waals surface area contributed by atoms with E-state index in [0.717, 1.165) is 50.9 Å². The number of piperazine rings is 1. The summed E-state index contributed by atoms with van der Waals surface area (Å²) in [5.74, 6) is 2.72. The van der Waals surface area contributed by atoms with Gasteiger partial charge in [-0.25, -0.2) is 0 Å². The maximum atomic E-state index is 10.1. The van der Waals surface area contributed by atoms with Gasteiger partial charge in [0.25, 0.3) is 0 Å². The van der Waals surface area contributed by atoms with Gasteiger partial charge in [0.1, 0.15) is 5.75 Å². The summed E-state index contributed by atoms with van der Waals surface area (Å²) >= 11 is 0. The predicted octanol–water partition coefficient (Wildman–Crippen LogP) is 3.90. The Morgan fingerprint density at radius 2 is 1.72 bits per heavy atom. The van der Waals surface area contributed by atoms with Crippen LogP contribution >= 0.6 is 24.0 Å². The van der Waals surface area contributed by atoms with Gasteiger partial charge >= 0.3 is 0 Å². The number of para-hydroxylation sites is 2. The number of nitrogens with one attached hydrogen (secondary N) is 1. The van der Waals surface area contributed by atoms with Crippen molar-refractivity contribution in [2.24, 2.45) is 10.9 Å². The van der Waals surface area contributed by atoms with Crippen LogP contribution in [0.5, 0.6) is 5.75 Å². The average Bonchev–Trinajstić information content (AvgIpc) is 3.52. The summed E-state index contributed by atoms with van der Waals surface area (Å²) < 4.78 is 0. The van der Waals surface area contributed by atoms with Gasteiger partial charge in [-0.1, -0.05) is 42.5 Å². The zero-order valence-corrected chi connectivity index (χ0v) is 19.3. The Hall–Kier alpha value is -1.96. The summed E-state index contributed by atoms with van der Waals surface area (Å²) in [7, 11) is 0. The van der Waals surface area contributed by atoms with Crippen LogP contribution in [-0.2, 0) is 0 Å². The lowest BCUT2D eigenvalue weighted by atomic mass is 10.1. The monoisotopic (exact) mass is 506 g/mol. The third-order valence-corrected chi connectivity index (χ3v) is 5.76. The topological polar surface area (TPSA) is 51.1 Å². The van der Waals surface area contributed by atoms with Crippen molar-refractivity contribution in [1.82, 2.24) is 10.2 Å². The molecule has 2 aliphatic rings. The number of rotatable bonds is 5. The SMILES string of the molecule is CCNC(=NCC1CC1c1ccccc1)N1CCN(c2ccccc2O)CC1.I. The molecule has 5 nitrogen and oxygen atoms in total. The maximum Gasteiger partial charge on any atom is 0.194 e. The normalized spacial score (nSPS) is 21.5. The van der Waals surface area contributed by atoms with Crippen LogP contribution in [0.3, 0.4) is 0 Å². The second-order valence-electron chi connectivity index (χ2n) is 7.67. The number of guanidine groups is 1. The molecule has 6 heteroatoms. The molecule has 156 valence electrons. The number of anilines is 1. The molecule has 0 bridgehead atoms. The lowest BCUT2D eigenvalue weighted by Gasteiger charge is -2.37. The summed E-state index contributed by atoms with van der Waals surface area (Å²) in [5, 5.41) is 13.6. The Kier molecular flexibility index (Phi) is 7.64. The molecule has 29 heavy (non-hydrogen) atoms. The minimum Gasteiger partial charge on any atom is -0.506 e. The third kappa shape index (κ3) is 5.35. The number of benzene rings is 2. The quantitative estimate of drug-likeness (QED) is 0.367. The van der Waals surface area contributed by atoms with Crippen LogP contribution in [0.2, 0.25) is 0 Å². The van der Waals surface area contributed by atoms with Gasteiger partial charge in [-0.2, -0.15) is 0 Å². The highest BCUT2D eigenvalue weighted by molar-refractivity contribution is 14.0. The Balaban J connectivity index is 0.00000240. The fourth-order valence-electron chi connectivity index (χ4n) is 4.08. The van der Waals surface area contributed by atoms with E-state index < -0.39 is 0 Å². The van der Waals surface area contributed by atoms with Crippen LogP contribution in [0.15, 0.2) is 59.6 Å². The van der Waals surface area contributed by atoms with Gasteiger partial charge in [0.2, 0.25) is 0 Å². The Bertz CT molecular complexity index is 806. The van der Waals surface area contributed by atoms with Gasteiger partial charge < -0.3 is 20.2 Å². The first kappa shape index (κ1) is 21.7. The zero-order valence-electron chi connectivity index (χ0n) is 17.0. The van der Waals surface area contributed by atoms with Crippen molar-refractivity contribution in [3.05, 3.63) is 60.2 Å². The summed E-state index contributed by atoms with van der Waals surface area (Å²) in [6, 6.07) is 18.4. The lowest BCUT2D eigenvalue weighted by Crippen LogP contribution is -2.52. The van der Waals surface area contributed by atoms with E-state index in [0.29, 0.717) is 17.6 Å². The van der Waals surface area contributed by atoms with Gasteiger partial charge in [0.15, 0.2) is 5.96 Å². The highest BCUT2D eigenvalue weighted by Crippen LogP contribution is 2.47. The van der Waals surface area contributed by atoms with Gasteiger partial charge in [0.05, 0.1) is 5.69 Å². The standard InChI is InChI=1S/C23H30N4O.HI/c1-2-24-23(25-17-19-16-20(19)18-8-4-3-5-9-18)27-14-12-26(13-15-27)21-10-6-7-11-22(21)28;/h3-11,19-20,28H,2,12-17H2,1H3,(H,24,25);1H. The number of hydrogen-bond donors (Lipinski definition) is 2. The molecule has 0 spiro atoms. The van der Waals surface area contributed by atoms with E-state index in [-0.39, 0.29) is 24.0 Å². The molecule has 1 heterocycles. The molecule has 4 rings (SSSR count). The number of aromatic hydroxyl groups is 1. The molecule has 1 aliphatic carbocycles. The molecule has 1 aliphatic heterocycles. The number of phenols is 1. The van der Waals surface area contributed by atoms with Crippen LogP contribution in [0.4, 0.5) is 5.69 Å². The average molecular weight is 506 g/mol. The minimum absolute atomic E-state index is 0. The van der Waals surface area contributed by atoms with Crippen LogP contribution in [0.1, 0.15) is 24.8 Å². The molecule has 0 aromatic heterocycles. The Morgan fingerprint density at radius 1 is 1.03 bits per heavy atom. The van der Waals surface area contributed by atoms with Crippen molar-refractivity contribution < 1.29 is 5.11 Å². The van der Waals surface area contributed by atoms with Crippen LogP contribution in [-0.4, -0.2) is 55.2 Å². The van der Waals surface area contributed by atoms with Gasteiger partial charge in [-0.3, -0.25) is 4.99 Å². The van der Waals surface area contributed by atoms with E-state index >= 15 is 0 Å². The molecule has 2 aromatic carbocycles. The molecule has 2 unspecified atom stereocenters. The van der Waals surface area contributed by atoms with Crippen molar-refractivity contribution in [3.8, 4) is 5.75 Å². The summed E-state index contributed by atoms with van der Waals surface area (Å²) in [6.45, 7) is 7.49. The molecule has 1 saturated carbocycles. The number of hydrogen-bond acceptors (Lipinski definition) is 3. The van der Waals surface area contributed by atoms with Crippen molar-refractivity contribution >= 4 is 35.6 Å². The smallest absolute Gasteiger partial charge is 0.194 e. The molecular weight excluding hydrogens is 475 g/mol. The first-order valence-electron chi connectivity index (χ1n) is 10.4. The second kappa shape index (κ2) is 10.2. The van der Waals surface area contributed by atoms with Gasteiger partial charge in [-0.15, -0.1) is 24.0 Å². The molecule has 2 N–H and O–H groups in total. The van der Waals surface area contributed by atoms with Gasteiger partial charge in [-0.05, 0) is 42.9 Å². The number of nitrogens with zero attached hydrogens (tertiary/aromatic N) is 3. The van der Waals surface area contributed by atoms with E-state index in [1.807, 2.05) is 18.2 Å². The Morgan fingerprint density at radius 3 is 2.41 bits per heavy atom. The highest BCUT2D eigenvalue weighted by Gasteiger charge is 2.38. The predicted molar refractivity (Wildman–Crippen MR) is 131 cm³/mol. The second-order valence-corrected chi connectivity index (χ2v) is 7.67. The van der Waals surface area contributed by atoms with Crippen LogP contribution in [0, 0.1) is 5.92 Å². The fourth-order valence-corrected chi connectivity index (χ4v) is 4.08. The lowest BCUT2D eigenvalue weighted by molar-refractivity contribution is 0.369. The number of halogens is 1. The molecule has 2 fully saturated rings. The molecule has 2 aromatic rings. The highest BCUT2D eigenvalue weighted by atomic mass is 127. The van der Waals surface area contributed by atoms with Crippen LogP contribution < -0.4 is 10.2 Å². The zero-order chi connectivity index (χ0) is 19.3. The maximum absolute atomic E-state index is 10.1. The largest absolute Gasteiger partial charge is 0.506 e. The van der Waals surface area contributed by atoms with Gasteiger partial charge in [0, 0.05) is 39.3 Å². The van der Waals surface area contributed by atoms with E-state index in [2.05, 4.69) is 52.4 Å². The van der Waals surface area contributed by atoms with Crippen molar-refractivity contribution in [1.29, 1.82) is 0 Å². The summed E-state index contributed by atoms with van der Waals surface area (Å²) in [4.78, 5) is 9.55. The first-order valence-corrected chi connectivity index (χ1v) is 10.4. The molecular formula is C23H31IN4O. The molecule has 0 amide bonds. The summed E-state index contributed by atoms with van der Waals surface area (Å²) in [6.07, 6.45) is 1.24. The molecule has 1 saturated heterocycles. The number of aliphatic imine (C=N–C) groups is 1. The summed E-state index contributed by atoms with van der Waals surface area (Å²) in [5.41, 5.74) is 2.37. The minimum atomic E-state index is 0. The van der Waals surface area contributed by atoms with E-state index in [1.54, 1.807) is 6.07 Å². The third-order valence-electron chi connectivity index (χ3n) is 5.76. The van der Waals surface area contributed by atoms with Crippen LogP contribution in [0.25, 0.3) is 0 Å². The van der Waals surface area contributed by atoms with Crippen molar-refractivity contribution in [3.63, 3.8) is 0 Å².